The first kappa shape index (κ1) is 13.2. The summed E-state index contributed by atoms with van der Waals surface area (Å²) in [6.45, 7) is 0. The maximum atomic E-state index is 12.1. The van der Waals surface area contributed by atoms with Crippen LogP contribution in [0.4, 0.5) is 0 Å². The summed E-state index contributed by atoms with van der Waals surface area (Å²) in [5.41, 5.74) is -0.861. The fraction of sp³-hybridized carbons (Fsp3) is 0.385. The second-order valence-corrected chi connectivity index (χ2v) is 4.41. The van der Waals surface area contributed by atoms with Crippen molar-refractivity contribution in [2.24, 2.45) is 0 Å². The normalized spacial score (nSPS) is 15.5. The minimum Gasteiger partial charge on any atom is -0.497 e. The molecule has 1 saturated carbocycles. The van der Waals surface area contributed by atoms with Crippen LogP contribution in [-0.2, 0) is 4.79 Å². The highest BCUT2D eigenvalue weighted by molar-refractivity contribution is 6.01. The lowest BCUT2D eigenvalue weighted by Gasteiger charge is -2.15. The Morgan fingerprint density at radius 3 is 2.42 bits per heavy atom. The topological polar surface area (TPSA) is 84.9 Å². The molecule has 0 saturated heterocycles. The van der Waals surface area contributed by atoms with E-state index in [-0.39, 0.29) is 5.56 Å². The van der Waals surface area contributed by atoms with Gasteiger partial charge in [0, 0.05) is 0 Å². The van der Waals surface area contributed by atoms with Crippen molar-refractivity contribution >= 4 is 11.9 Å². The van der Waals surface area contributed by atoms with Crippen molar-refractivity contribution in [3.63, 3.8) is 0 Å². The van der Waals surface area contributed by atoms with Gasteiger partial charge in [-0.25, -0.2) is 4.79 Å². The van der Waals surface area contributed by atoms with E-state index in [1.807, 2.05) is 0 Å². The predicted octanol–water partition coefficient (Wildman–Crippen LogP) is 1.05. The van der Waals surface area contributed by atoms with Gasteiger partial charge in [0.05, 0.1) is 19.8 Å². The minimum absolute atomic E-state index is 0.259. The van der Waals surface area contributed by atoms with Gasteiger partial charge in [-0.05, 0) is 31.0 Å². The van der Waals surface area contributed by atoms with Crippen LogP contribution in [0.3, 0.4) is 0 Å². The Kier molecular flexibility index (Phi) is 3.33. The summed E-state index contributed by atoms with van der Waals surface area (Å²) < 4.78 is 10.1. The van der Waals surface area contributed by atoms with E-state index in [4.69, 9.17) is 14.6 Å². The highest BCUT2D eigenvalue weighted by atomic mass is 16.5. The van der Waals surface area contributed by atoms with Gasteiger partial charge in [0.1, 0.15) is 17.0 Å². The quantitative estimate of drug-likeness (QED) is 0.831. The summed E-state index contributed by atoms with van der Waals surface area (Å²) in [5.74, 6) is -0.607. The van der Waals surface area contributed by atoms with Crippen molar-refractivity contribution in [3.05, 3.63) is 23.8 Å². The van der Waals surface area contributed by atoms with E-state index in [0.29, 0.717) is 24.3 Å². The molecule has 0 bridgehead atoms. The van der Waals surface area contributed by atoms with E-state index in [0.717, 1.165) is 0 Å². The van der Waals surface area contributed by atoms with Crippen LogP contribution in [0.15, 0.2) is 18.2 Å². The van der Waals surface area contributed by atoms with Gasteiger partial charge in [0.2, 0.25) is 0 Å². The third kappa shape index (κ3) is 2.47. The Hall–Kier alpha value is -2.24. The molecule has 19 heavy (non-hydrogen) atoms. The molecule has 0 aliphatic heterocycles. The first-order valence-corrected chi connectivity index (χ1v) is 5.80. The fourth-order valence-electron chi connectivity index (χ4n) is 1.79. The number of carbonyl (C=O) groups excluding carboxylic acids is 1. The molecule has 6 nitrogen and oxygen atoms in total. The number of benzene rings is 1. The van der Waals surface area contributed by atoms with E-state index < -0.39 is 17.4 Å². The molecule has 0 heterocycles. The molecule has 2 N–H and O–H groups in total. The van der Waals surface area contributed by atoms with E-state index >= 15 is 0 Å². The number of rotatable bonds is 5. The van der Waals surface area contributed by atoms with Crippen molar-refractivity contribution < 1.29 is 24.2 Å². The van der Waals surface area contributed by atoms with E-state index in [9.17, 15) is 9.59 Å². The molecule has 0 radical (unpaired) electrons. The lowest BCUT2D eigenvalue weighted by atomic mass is 10.1. The molecule has 1 aromatic carbocycles. The summed E-state index contributed by atoms with van der Waals surface area (Å²) in [6.07, 6.45) is 0.890. The van der Waals surface area contributed by atoms with Crippen molar-refractivity contribution in [2.45, 2.75) is 18.4 Å². The van der Waals surface area contributed by atoms with Crippen molar-refractivity contribution in [3.8, 4) is 11.5 Å². The summed E-state index contributed by atoms with van der Waals surface area (Å²) in [4.78, 5) is 23.2. The number of amides is 1. The average Bonchev–Trinajstić information content (AvgIpc) is 3.18. The smallest absolute Gasteiger partial charge is 0.329 e. The van der Waals surface area contributed by atoms with Gasteiger partial charge in [-0.15, -0.1) is 0 Å². The summed E-state index contributed by atoms with van der Waals surface area (Å²) in [6, 6.07) is 4.79. The second kappa shape index (κ2) is 4.79. The largest absolute Gasteiger partial charge is 0.497 e. The van der Waals surface area contributed by atoms with Gasteiger partial charge in [-0.3, -0.25) is 4.79 Å². The second-order valence-electron chi connectivity index (χ2n) is 4.41. The van der Waals surface area contributed by atoms with E-state index in [1.54, 1.807) is 12.1 Å². The number of ether oxygens (including phenoxy) is 2. The van der Waals surface area contributed by atoms with Crippen molar-refractivity contribution in [2.75, 3.05) is 14.2 Å². The van der Waals surface area contributed by atoms with Gasteiger partial charge in [-0.1, -0.05) is 0 Å². The summed E-state index contributed by atoms with van der Waals surface area (Å²) in [5, 5.41) is 11.6. The van der Waals surface area contributed by atoms with Gasteiger partial charge < -0.3 is 19.9 Å². The molecule has 2 rings (SSSR count). The number of carboxylic acid groups (broad SMARTS) is 1. The van der Waals surface area contributed by atoms with Gasteiger partial charge in [-0.2, -0.15) is 0 Å². The zero-order valence-corrected chi connectivity index (χ0v) is 10.7. The first-order valence-electron chi connectivity index (χ1n) is 5.80. The molecule has 1 aliphatic carbocycles. The van der Waals surface area contributed by atoms with Crippen LogP contribution in [0.2, 0.25) is 0 Å². The lowest BCUT2D eigenvalue weighted by Crippen LogP contribution is -2.43. The van der Waals surface area contributed by atoms with Gasteiger partial charge >= 0.3 is 5.97 Å². The summed E-state index contributed by atoms with van der Waals surface area (Å²) >= 11 is 0. The number of hydrogen-bond donors (Lipinski definition) is 2. The van der Waals surface area contributed by atoms with Crippen molar-refractivity contribution in [1.82, 2.24) is 5.32 Å². The molecule has 0 aromatic heterocycles. The molecule has 1 aliphatic rings. The highest BCUT2D eigenvalue weighted by Gasteiger charge is 2.51. The Morgan fingerprint density at radius 1 is 1.26 bits per heavy atom. The predicted molar refractivity (Wildman–Crippen MR) is 66.6 cm³/mol. The molecule has 1 amide bonds. The van der Waals surface area contributed by atoms with Gasteiger partial charge in [0.25, 0.3) is 5.91 Å². The standard InChI is InChI=1S/C13H15NO5/c1-18-8-3-4-10(19-2)9(7-8)11(15)14-13(5-6-13)12(16)17/h3-4,7H,5-6H2,1-2H3,(H,14,15)(H,16,17). The Balaban J connectivity index is 2.25. The Bertz CT molecular complexity index is 522. The molecular weight excluding hydrogens is 250 g/mol. The molecule has 0 unspecified atom stereocenters. The molecule has 0 spiro atoms. The van der Waals surface area contributed by atoms with Crippen LogP contribution in [0.1, 0.15) is 23.2 Å². The molecule has 102 valence electrons. The first-order chi connectivity index (χ1) is 9.02. The van der Waals surface area contributed by atoms with E-state index in [2.05, 4.69) is 5.32 Å². The zero-order valence-electron chi connectivity index (χ0n) is 10.7. The van der Waals surface area contributed by atoms with Crippen molar-refractivity contribution in [1.29, 1.82) is 0 Å². The van der Waals surface area contributed by atoms with Crippen LogP contribution in [0.5, 0.6) is 11.5 Å². The highest BCUT2D eigenvalue weighted by Crippen LogP contribution is 2.36. The average molecular weight is 265 g/mol. The van der Waals surface area contributed by atoms with E-state index in [1.165, 1.54) is 20.3 Å². The van der Waals surface area contributed by atoms with Gasteiger partial charge in [0.15, 0.2) is 0 Å². The Morgan fingerprint density at radius 2 is 1.95 bits per heavy atom. The number of nitrogens with one attached hydrogen (secondary N) is 1. The SMILES string of the molecule is COc1ccc(OC)c(C(=O)NC2(C(=O)O)CC2)c1. The maximum absolute atomic E-state index is 12.1. The Labute approximate surface area is 110 Å². The zero-order chi connectivity index (χ0) is 14.0. The van der Waals surface area contributed by atoms with Crippen LogP contribution in [-0.4, -0.2) is 36.7 Å². The number of aliphatic carboxylic acids is 1. The number of methoxy groups -OCH3 is 2. The van der Waals surface area contributed by atoms with Crippen LogP contribution < -0.4 is 14.8 Å². The molecule has 0 atom stereocenters. The minimum atomic E-state index is -1.12. The maximum Gasteiger partial charge on any atom is 0.329 e. The molecule has 6 heteroatoms. The lowest BCUT2D eigenvalue weighted by molar-refractivity contribution is -0.140. The van der Waals surface area contributed by atoms with Crippen LogP contribution >= 0.6 is 0 Å². The number of carboxylic acids is 1. The number of hydrogen-bond acceptors (Lipinski definition) is 4. The van der Waals surface area contributed by atoms with Crippen LogP contribution in [0.25, 0.3) is 0 Å². The molecular formula is C13H15NO5. The summed E-state index contributed by atoms with van der Waals surface area (Å²) in [7, 11) is 2.94. The molecule has 1 aromatic rings. The third-order valence-electron chi connectivity index (χ3n) is 3.16. The molecule has 1 fully saturated rings. The fourth-order valence-corrected chi connectivity index (χ4v) is 1.79. The third-order valence-corrected chi connectivity index (χ3v) is 3.16. The monoisotopic (exact) mass is 265 g/mol. The van der Waals surface area contributed by atoms with Crippen LogP contribution in [0, 0.1) is 0 Å². The number of carbonyl (C=O) groups is 2.